The van der Waals surface area contributed by atoms with Gasteiger partial charge >= 0.3 is 0 Å². The molecule has 0 radical (unpaired) electrons. The van der Waals surface area contributed by atoms with Crippen LogP contribution in [0.4, 0.5) is 5.69 Å². The lowest BCUT2D eigenvalue weighted by molar-refractivity contribution is 0.210. The maximum atomic E-state index is 6.00. The second kappa shape index (κ2) is 7.35. The van der Waals surface area contributed by atoms with E-state index in [9.17, 15) is 0 Å². The van der Waals surface area contributed by atoms with Crippen molar-refractivity contribution in [1.82, 2.24) is 0 Å². The molecule has 2 aromatic carbocycles. The molecule has 0 atom stereocenters. The number of benzene rings is 2. The Balaban J connectivity index is 1.51. The van der Waals surface area contributed by atoms with Crippen molar-refractivity contribution in [3.8, 4) is 5.75 Å². The van der Waals surface area contributed by atoms with Crippen molar-refractivity contribution in [2.45, 2.75) is 51.7 Å². The van der Waals surface area contributed by atoms with Crippen molar-refractivity contribution in [1.29, 1.82) is 0 Å². The summed E-state index contributed by atoms with van der Waals surface area (Å²) in [5, 5.41) is 3.46. The standard InChI is InChI=1S/C20H25NO/c1-2-16-7-11-18(12-8-16)21-15-17-9-13-20(14-10-17)22-19-5-3-4-6-19/h7-14,19,21H,2-6,15H2,1H3. The van der Waals surface area contributed by atoms with E-state index in [0.717, 1.165) is 18.7 Å². The largest absolute Gasteiger partial charge is 0.490 e. The Morgan fingerprint density at radius 3 is 2.18 bits per heavy atom. The molecule has 0 heterocycles. The molecule has 116 valence electrons. The summed E-state index contributed by atoms with van der Waals surface area (Å²) in [4.78, 5) is 0. The van der Waals surface area contributed by atoms with E-state index >= 15 is 0 Å². The third-order valence-corrected chi connectivity index (χ3v) is 4.39. The van der Waals surface area contributed by atoms with Gasteiger partial charge in [-0.3, -0.25) is 0 Å². The van der Waals surface area contributed by atoms with Gasteiger partial charge in [0.15, 0.2) is 0 Å². The first-order chi connectivity index (χ1) is 10.8. The summed E-state index contributed by atoms with van der Waals surface area (Å²) in [6.07, 6.45) is 6.55. The fourth-order valence-corrected chi connectivity index (χ4v) is 2.95. The Labute approximate surface area is 133 Å². The van der Waals surface area contributed by atoms with Gasteiger partial charge in [-0.25, -0.2) is 0 Å². The first-order valence-electron chi connectivity index (χ1n) is 8.42. The van der Waals surface area contributed by atoms with E-state index < -0.39 is 0 Å². The molecule has 0 unspecified atom stereocenters. The van der Waals surface area contributed by atoms with Crippen LogP contribution < -0.4 is 10.1 Å². The van der Waals surface area contributed by atoms with Crippen molar-refractivity contribution in [3.63, 3.8) is 0 Å². The van der Waals surface area contributed by atoms with Crippen LogP contribution in [-0.2, 0) is 13.0 Å². The SMILES string of the molecule is CCc1ccc(NCc2ccc(OC3CCCC3)cc2)cc1. The molecule has 0 aromatic heterocycles. The van der Waals surface area contributed by atoms with E-state index in [2.05, 4.69) is 60.8 Å². The van der Waals surface area contributed by atoms with Gasteiger partial charge in [0.1, 0.15) is 5.75 Å². The van der Waals surface area contributed by atoms with E-state index in [1.54, 1.807) is 0 Å². The van der Waals surface area contributed by atoms with Gasteiger partial charge in [0, 0.05) is 12.2 Å². The first-order valence-corrected chi connectivity index (χ1v) is 8.42. The minimum absolute atomic E-state index is 0.432. The number of hydrogen-bond donors (Lipinski definition) is 1. The fourth-order valence-electron chi connectivity index (χ4n) is 2.95. The van der Waals surface area contributed by atoms with Crippen LogP contribution in [0.25, 0.3) is 0 Å². The second-order valence-electron chi connectivity index (χ2n) is 6.07. The average molecular weight is 295 g/mol. The third-order valence-electron chi connectivity index (χ3n) is 4.39. The van der Waals surface area contributed by atoms with E-state index in [1.165, 1.54) is 42.5 Å². The van der Waals surface area contributed by atoms with Crippen LogP contribution in [0.15, 0.2) is 48.5 Å². The minimum Gasteiger partial charge on any atom is -0.490 e. The summed E-state index contributed by atoms with van der Waals surface area (Å²) in [5.74, 6) is 1.00. The molecule has 0 bridgehead atoms. The summed E-state index contributed by atoms with van der Waals surface area (Å²) >= 11 is 0. The molecule has 0 spiro atoms. The summed E-state index contributed by atoms with van der Waals surface area (Å²) in [7, 11) is 0. The highest BCUT2D eigenvalue weighted by atomic mass is 16.5. The number of hydrogen-bond acceptors (Lipinski definition) is 2. The van der Waals surface area contributed by atoms with Crippen molar-refractivity contribution in [2.75, 3.05) is 5.32 Å². The molecule has 1 saturated carbocycles. The molecule has 0 amide bonds. The number of ether oxygens (including phenoxy) is 1. The molecule has 3 rings (SSSR count). The van der Waals surface area contributed by atoms with Gasteiger partial charge in [-0.15, -0.1) is 0 Å². The van der Waals surface area contributed by atoms with Gasteiger partial charge in [-0.2, -0.15) is 0 Å². The molecule has 1 fully saturated rings. The van der Waals surface area contributed by atoms with Crippen molar-refractivity contribution < 1.29 is 4.74 Å². The lowest BCUT2D eigenvalue weighted by Gasteiger charge is -2.13. The third kappa shape index (κ3) is 4.03. The highest BCUT2D eigenvalue weighted by Gasteiger charge is 2.16. The number of rotatable bonds is 6. The number of nitrogens with one attached hydrogen (secondary N) is 1. The number of aryl methyl sites for hydroxylation is 1. The number of anilines is 1. The van der Waals surface area contributed by atoms with Gasteiger partial charge in [0.25, 0.3) is 0 Å². The maximum absolute atomic E-state index is 6.00. The molecule has 1 aliphatic carbocycles. The fraction of sp³-hybridized carbons (Fsp3) is 0.400. The van der Waals surface area contributed by atoms with Gasteiger partial charge < -0.3 is 10.1 Å². The Morgan fingerprint density at radius 1 is 0.909 bits per heavy atom. The van der Waals surface area contributed by atoms with Crippen molar-refractivity contribution in [2.24, 2.45) is 0 Å². The summed E-state index contributed by atoms with van der Waals surface area (Å²) in [6.45, 7) is 3.02. The predicted molar refractivity (Wildman–Crippen MR) is 92.5 cm³/mol. The lowest BCUT2D eigenvalue weighted by Crippen LogP contribution is -2.10. The van der Waals surface area contributed by atoms with E-state index in [1.807, 2.05) is 0 Å². The highest BCUT2D eigenvalue weighted by molar-refractivity contribution is 5.45. The minimum atomic E-state index is 0.432. The van der Waals surface area contributed by atoms with Gasteiger partial charge in [0.05, 0.1) is 6.10 Å². The molecule has 0 saturated heterocycles. The Morgan fingerprint density at radius 2 is 1.55 bits per heavy atom. The van der Waals surface area contributed by atoms with Gasteiger partial charge in [-0.1, -0.05) is 31.2 Å². The second-order valence-corrected chi connectivity index (χ2v) is 6.07. The van der Waals surface area contributed by atoms with E-state index in [4.69, 9.17) is 4.74 Å². The van der Waals surface area contributed by atoms with Crippen LogP contribution in [0.5, 0.6) is 5.75 Å². The molecule has 2 nitrogen and oxygen atoms in total. The van der Waals surface area contributed by atoms with Crippen LogP contribution >= 0.6 is 0 Å². The molecular weight excluding hydrogens is 270 g/mol. The zero-order chi connectivity index (χ0) is 15.2. The predicted octanol–water partition coefficient (Wildman–Crippen LogP) is 5.18. The topological polar surface area (TPSA) is 21.3 Å². The maximum Gasteiger partial charge on any atom is 0.119 e. The molecule has 22 heavy (non-hydrogen) atoms. The monoisotopic (exact) mass is 295 g/mol. The summed E-state index contributed by atoms with van der Waals surface area (Å²) in [5.41, 5.74) is 3.82. The Kier molecular flexibility index (Phi) is 4.99. The molecule has 2 aromatic rings. The van der Waals surface area contributed by atoms with E-state index in [0.29, 0.717) is 6.10 Å². The molecule has 2 heteroatoms. The smallest absolute Gasteiger partial charge is 0.119 e. The zero-order valence-corrected chi connectivity index (χ0v) is 13.3. The highest BCUT2D eigenvalue weighted by Crippen LogP contribution is 2.24. The van der Waals surface area contributed by atoms with Gasteiger partial charge in [-0.05, 0) is 67.5 Å². The summed E-state index contributed by atoms with van der Waals surface area (Å²) < 4.78 is 6.00. The molecule has 0 aliphatic heterocycles. The van der Waals surface area contributed by atoms with Crippen LogP contribution in [-0.4, -0.2) is 6.10 Å². The average Bonchev–Trinajstić information content (AvgIpc) is 3.08. The van der Waals surface area contributed by atoms with Crippen LogP contribution in [0.2, 0.25) is 0 Å². The van der Waals surface area contributed by atoms with Crippen LogP contribution in [0.1, 0.15) is 43.7 Å². The van der Waals surface area contributed by atoms with Crippen molar-refractivity contribution >= 4 is 5.69 Å². The van der Waals surface area contributed by atoms with Crippen LogP contribution in [0.3, 0.4) is 0 Å². The van der Waals surface area contributed by atoms with Crippen molar-refractivity contribution in [3.05, 3.63) is 59.7 Å². The molecule has 1 N–H and O–H groups in total. The quantitative estimate of drug-likeness (QED) is 0.792. The lowest BCUT2D eigenvalue weighted by atomic mass is 10.1. The van der Waals surface area contributed by atoms with Gasteiger partial charge in [0.2, 0.25) is 0 Å². The first kappa shape index (κ1) is 15.0. The van der Waals surface area contributed by atoms with E-state index in [-0.39, 0.29) is 0 Å². The normalized spacial score (nSPS) is 15.0. The zero-order valence-electron chi connectivity index (χ0n) is 13.3. The summed E-state index contributed by atoms with van der Waals surface area (Å²) in [6, 6.07) is 17.1. The Bertz CT molecular complexity index is 568. The molecule has 1 aliphatic rings. The van der Waals surface area contributed by atoms with Crippen LogP contribution in [0, 0.1) is 0 Å². The Hall–Kier alpha value is -1.96. The molecular formula is C20H25NO.